The van der Waals surface area contributed by atoms with Gasteiger partial charge in [-0.1, -0.05) is 48.9 Å². The number of anilines is 1. The molecular formula is C22H20N4O. The second-order valence-electron chi connectivity index (χ2n) is 6.24. The zero-order valence-corrected chi connectivity index (χ0v) is 15.3. The summed E-state index contributed by atoms with van der Waals surface area (Å²) in [5, 5.41) is 19.2. The highest BCUT2D eigenvalue weighted by molar-refractivity contribution is 6.10. The van der Waals surface area contributed by atoms with E-state index in [2.05, 4.69) is 22.4 Å². The number of nitrogens with zero attached hydrogens (tertiary/aromatic N) is 2. The number of benzene rings is 2. The van der Waals surface area contributed by atoms with Crippen molar-refractivity contribution in [3.8, 4) is 17.3 Å². The Bertz CT molecular complexity index is 1010. The Morgan fingerprint density at radius 2 is 1.89 bits per heavy atom. The van der Waals surface area contributed by atoms with E-state index in [1.165, 1.54) is 5.56 Å². The standard InChI is InChI=1S/C22H20N4O/c1-3-16-6-10-20(11-7-16)25-22(27)18(13-23)12-19-14-24-26-21(19)17-8-4-15(2)5-9-17/h4-12,14H,3H2,1-2H3,(H,24,26)(H,25,27)/b18-12+. The molecule has 3 aromatic rings. The van der Waals surface area contributed by atoms with E-state index in [1.54, 1.807) is 12.3 Å². The maximum absolute atomic E-state index is 12.5. The van der Waals surface area contributed by atoms with Crippen molar-refractivity contribution in [2.24, 2.45) is 0 Å². The number of H-pyrrole nitrogens is 1. The number of carbonyl (C=O) groups excluding carboxylic acids is 1. The second-order valence-corrected chi connectivity index (χ2v) is 6.24. The summed E-state index contributed by atoms with van der Waals surface area (Å²) in [5.41, 5.74) is 5.41. The summed E-state index contributed by atoms with van der Waals surface area (Å²) in [5.74, 6) is -0.446. The molecule has 0 aliphatic rings. The molecule has 1 heterocycles. The van der Waals surface area contributed by atoms with Gasteiger partial charge in [-0.15, -0.1) is 0 Å². The van der Waals surface area contributed by atoms with Gasteiger partial charge in [-0.25, -0.2) is 0 Å². The summed E-state index contributed by atoms with van der Waals surface area (Å²) in [7, 11) is 0. The van der Waals surface area contributed by atoms with Gasteiger partial charge in [0, 0.05) is 16.8 Å². The molecule has 5 heteroatoms. The molecule has 0 fully saturated rings. The van der Waals surface area contributed by atoms with Crippen molar-refractivity contribution in [3.63, 3.8) is 0 Å². The monoisotopic (exact) mass is 356 g/mol. The van der Waals surface area contributed by atoms with E-state index in [0.29, 0.717) is 11.3 Å². The molecule has 2 aromatic carbocycles. The minimum absolute atomic E-state index is 0.0179. The van der Waals surface area contributed by atoms with Crippen molar-refractivity contribution in [3.05, 3.63) is 77.0 Å². The smallest absolute Gasteiger partial charge is 0.266 e. The molecule has 0 atom stereocenters. The van der Waals surface area contributed by atoms with Gasteiger partial charge < -0.3 is 5.32 Å². The van der Waals surface area contributed by atoms with E-state index >= 15 is 0 Å². The van der Waals surface area contributed by atoms with Crippen molar-refractivity contribution >= 4 is 17.7 Å². The summed E-state index contributed by atoms with van der Waals surface area (Å²) in [6.07, 6.45) is 4.09. The van der Waals surface area contributed by atoms with Crippen LogP contribution in [0.1, 0.15) is 23.6 Å². The number of hydrogen-bond donors (Lipinski definition) is 2. The zero-order chi connectivity index (χ0) is 19.2. The maximum atomic E-state index is 12.5. The molecule has 0 aliphatic carbocycles. The first-order valence-corrected chi connectivity index (χ1v) is 8.73. The fraction of sp³-hybridized carbons (Fsp3) is 0.136. The van der Waals surface area contributed by atoms with Crippen LogP contribution < -0.4 is 5.32 Å². The van der Waals surface area contributed by atoms with Crippen LogP contribution in [0.5, 0.6) is 0 Å². The van der Waals surface area contributed by atoms with Crippen LogP contribution in [0, 0.1) is 18.3 Å². The van der Waals surface area contributed by atoms with Crippen LogP contribution in [0.3, 0.4) is 0 Å². The lowest BCUT2D eigenvalue weighted by atomic mass is 10.0. The number of amides is 1. The van der Waals surface area contributed by atoms with Crippen LogP contribution in [-0.2, 0) is 11.2 Å². The van der Waals surface area contributed by atoms with Gasteiger partial charge in [0.15, 0.2) is 0 Å². The number of hydrogen-bond acceptors (Lipinski definition) is 3. The molecule has 0 radical (unpaired) electrons. The van der Waals surface area contributed by atoms with Crippen LogP contribution in [0.2, 0.25) is 0 Å². The molecule has 0 saturated carbocycles. The lowest BCUT2D eigenvalue weighted by Crippen LogP contribution is -2.13. The summed E-state index contributed by atoms with van der Waals surface area (Å²) in [4.78, 5) is 12.5. The first kappa shape index (κ1) is 18.2. The molecule has 0 unspecified atom stereocenters. The second kappa shape index (κ2) is 8.15. The first-order chi connectivity index (χ1) is 13.1. The average Bonchev–Trinajstić information content (AvgIpc) is 3.15. The molecule has 1 amide bonds. The van der Waals surface area contributed by atoms with E-state index in [9.17, 15) is 10.1 Å². The molecule has 0 bridgehead atoms. The zero-order valence-electron chi connectivity index (χ0n) is 15.3. The Kier molecular flexibility index (Phi) is 5.48. The lowest BCUT2D eigenvalue weighted by molar-refractivity contribution is -0.112. The highest BCUT2D eigenvalue weighted by atomic mass is 16.1. The molecule has 0 aliphatic heterocycles. The SMILES string of the molecule is CCc1ccc(NC(=O)/C(C#N)=C/c2cn[nH]c2-c2ccc(C)cc2)cc1. The molecule has 0 spiro atoms. The molecule has 2 N–H and O–H groups in total. The Morgan fingerprint density at radius 3 is 2.52 bits per heavy atom. The fourth-order valence-electron chi connectivity index (χ4n) is 2.68. The topological polar surface area (TPSA) is 81.6 Å². The number of carbonyl (C=O) groups is 1. The lowest BCUT2D eigenvalue weighted by Gasteiger charge is -2.06. The predicted molar refractivity (Wildman–Crippen MR) is 107 cm³/mol. The molecule has 134 valence electrons. The summed E-state index contributed by atoms with van der Waals surface area (Å²) >= 11 is 0. The van der Waals surface area contributed by atoms with E-state index in [-0.39, 0.29) is 5.57 Å². The van der Waals surface area contributed by atoms with Gasteiger partial charge in [-0.3, -0.25) is 9.89 Å². The number of aromatic amines is 1. The van der Waals surface area contributed by atoms with Gasteiger partial charge >= 0.3 is 0 Å². The van der Waals surface area contributed by atoms with Crippen molar-refractivity contribution < 1.29 is 4.79 Å². The number of aromatic nitrogens is 2. The Labute approximate surface area is 158 Å². The third kappa shape index (κ3) is 4.31. The summed E-state index contributed by atoms with van der Waals surface area (Å²) in [6.45, 7) is 4.09. The maximum Gasteiger partial charge on any atom is 0.266 e. The van der Waals surface area contributed by atoms with Crippen molar-refractivity contribution in [2.75, 3.05) is 5.32 Å². The van der Waals surface area contributed by atoms with E-state index < -0.39 is 5.91 Å². The van der Waals surface area contributed by atoms with Crippen LogP contribution in [0.4, 0.5) is 5.69 Å². The molecule has 1 aromatic heterocycles. The normalized spacial score (nSPS) is 11.1. The van der Waals surface area contributed by atoms with Gasteiger partial charge in [-0.05, 0) is 37.1 Å². The third-order valence-corrected chi connectivity index (χ3v) is 4.29. The molecule has 3 rings (SSSR count). The highest BCUT2D eigenvalue weighted by Crippen LogP contribution is 2.23. The predicted octanol–water partition coefficient (Wildman–Crippen LogP) is 4.49. The van der Waals surface area contributed by atoms with Crippen LogP contribution in [0.25, 0.3) is 17.3 Å². The Balaban J connectivity index is 1.84. The quantitative estimate of drug-likeness (QED) is 0.522. The number of nitrogens with one attached hydrogen (secondary N) is 2. The van der Waals surface area contributed by atoms with Crippen molar-refractivity contribution in [1.29, 1.82) is 5.26 Å². The van der Waals surface area contributed by atoms with E-state index in [4.69, 9.17) is 0 Å². The molecular weight excluding hydrogens is 336 g/mol. The van der Waals surface area contributed by atoms with Gasteiger partial charge in [0.25, 0.3) is 5.91 Å². The summed E-state index contributed by atoms with van der Waals surface area (Å²) in [6, 6.07) is 17.5. The van der Waals surface area contributed by atoms with Crippen molar-refractivity contribution in [1.82, 2.24) is 10.2 Å². The average molecular weight is 356 g/mol. The molecule has 27 heavy (non-hydrogen) atoms. The van der Waals surface area contributed by atoms with E-state index in [0.717, 1.165) is 23.2 Å². The Morgan fingerprint density at radius 1 is 1.19 bits per heavy atom. The summed E-state index contributed by atoms with van der Waals surface area (Å²) < 4.78 is 0. The largest absolute Gasteiger partial charge is 0.321 e. The minimum atomic E-state index is -0.446. The van der Waals surface area contributed by atoms with Crippen LogP contribution in [0.15, 0.2) is 60.3 Å². The fourth-order valence-corrected chi connectivity index (χ4v) is 2.68. The first-order valence-electron chi connectivity index (χ1n) is 8.73. The third-order valence-electron chi connectivity index (χ3n) is 4.29. The highest BCUT2D eigenvalue weighted by Gasteiger charge is 2.13. The molecule has 5 nitrogen and oxygen atoms in total. The van der Waals surface area contributed by atoms with Gasteiger partial charge in [-0.2, -0.15) is 10.4 Å². The van der Waals surface area contributed by atoms with Crippen molar-refractivity contribution in [2.45, 2.75) is 20.3 Å². The number of aryl methyl sites for hydroxylation is 2. The molecule has 0 saturated heterocycles. The number of nitriles is 1. The Hall–Kier alpha value is -3.65. The van der Waals surface area contributed by atoms with Gasteiger partial charge in [0.05, 0.1) is 11.9 Å². The minimum Gasteiger partial charge on any atom is -0.321 e. The van der Waals surface area contributed by atoms with Crippen LogP contribution in [-0.4, -0.2) is 16.1 Å². The van der Waals surface area contributed by atoms with Gasteiger partial charge in [0.1, 0.15) is 11.6 Å². The van der Waals surface area contributed by atoms with Gasteiger partial charge in [0.2, 0.25) is 0 Å². The van der Waals surface area contributed by atoms with Crippen LogP contribution >= 0.6 is 0 Å². The van der Waals surface area contributed by atoms with E-state index in [1.807, 2.05) is 61.5 Å². The number of rotatable bonds is 5.